The maximum atomic E-state index is 14.0. The van der Waals surface area contributed by atoms with Crippen LogP contribution < -0.4 is 9.80 Å². The van der Waals surface area contributed by atoms with Crippen LogP contribution in [0.3, 0.4) is 0 Å². The number of alkyl halides is 5. The first-order valence-electron chi connectivity index (χ1n) is 13.1. The molecule has 2 fully saturated rings. The minimum Gasteiger partial charge on any atom is -0.355 e. The summed E-state index contributed by atoms with van der Waals surface area (Å²) in [7, 11) is 0. The summed E-state index contributed by atoms with van der Waals surface area (Å²) in [6.07, 6.45) is -3.47. The molecular weight excluding hydrogens is 603 g/mol. The zero-order chi connectivity index (χ0) is 31.4. The van der Waals surface area contributed by atoms with Crippen molar-refractivity contribution >= 4 is 34.6 Å². The number of benzene rings is 1. The molecule has 230 valence electrons. The van der Waals surface area contributed by atoms with Crippen molar-refractivity contribution in [2.45, 2.75) is 44.1 Å². The molecule has 2 saturated heterocycles. The zero-order valence-electron chi connectivity index (χ0n) is 22.3. The van der Waals surface area contributed by atoms with E-state index in [4.69, 9.17) is 0 Å². The van der Waals surface area contributed by atoms with Gasteiger partial charge < -0.3 is 9.80 Å². The minimum atomic E-state index is -4.86. The molecule has 0 N–H and O–H groups in total. The highest BCUT2D eigenvalue weighted by atomic mass is 19.4. The van der Waals surface area contributed by atoms with Crippen molar-refractivity contribution in [3.63, 3.8) is 0 Å². The molecule has 5 heterocycles. The van der Waals surface area contributed by atoms with Gasteiger partial charge in [0, 0.05) is 25.7 Å². The van der Waals surface area contributed by atoms with E-state index in [2.05, 4.69) is 25.0 Å². The maximum Gasteiger partial charge on any atom is 0.451 e. The van der Waals surface area contributed by atoms with Crippen molar-refractivity contribution in [3.05, 3.63) is 66.0 Å². The number of fused-ring (bicyclic) bond motifs is 1. The highest BCUT2D eigenvalue weighted by Gasteiger charge is 2.58. The molecule has 6 rings (SSSR count). The number of hydrogen-bond acceptors (Lipinski definition) is 8. The van der Waals surface area contributed by atoms with Crippen LogP contribution in [0.4, 0.5) is 47.0 Å². The highest BCUT2D eigenvalue weighted by Crippen LogP contribution is 2.41. The molecule has 1 spiro atoms. The number of hydrogen-bond donors (Lipinski definition) is 0. The molecule has 0 radical (unpaired) electrons. The molecule has 44 heavy (non-hydrogen) atoms. The Hall–Kier alpha value is -4.90. The van der Waals surface area contributed by atoms with E-state index in [9.17, 15) is 40.3 Å². The fourth-order valence-corrected chi connectivity index (χ4v) is 5.47. The van der Waals surface area contributed by atoms with Crippen LogP contribution >= 0.6 is 0 Å². The van der Waals surface area contributed by atoms with E-state index < -0.39 is 60.6 Å². The molecule has 0 unspecified atom stereocenters. The van der Waals surface area contributed by atoms with Crippen LogP contribution in [0.2, 0.25) is 0 Å². The predicted molar refractivity (Wildman–Crippen MR) is 137 cm³/mol. The Labute approximate surface area is 242 Å². The summed E-state index contributed by atoms with van der Waals surface area (Å²) in [5.41, 5.74) is -1.42. The quantitative estimate of drug-likeness (QED) is 0.232. The Morgan fingerprint density at radius 2 is 1.57 bits per heavy atom. The predicted octanol–water partition coefficient (Wildman–Crippen LogP) is 4.19. The molecule has 0 aliphatic carbocycles. The second kappa shape index (κ2) is 10.7. The highest BCUT2D eigenvalue weighted by molar-refractivity contribution is 6.23. The summed E-state index contributed by atoms with van der Waals surface area (Å²) in [5, 5.41) is 3.89. The van der Waals surface area contributed by atoms with Gasteiger partial charge in [0.25, 0.3) is 12.3 Å². The third-order valence-corrected chi connectivity index (χ3v) is 7.51. The molecule has 0 saturated carbocycles. The first kappa shape index (κ1) is 29.2. The Bertz CT molecular complexity index is 1720. The van der Waals surface area contributed by atoms with Gasteiger partial charge in [-0.1, -0.05) is 0 Å². The SMILES string of the molecule is O=C1N(c2cnc(C(F)(F)F)nc2)C(=O)C2(CCN(c3cnc4cnn(CC(F)F)c4n3)CC2)N1Cc1cc(F)cc(F)c1. The molecule has 1 aromatic carbocycles. The van der Waals surface area contributed by atoms with Crippen LogP contribution in [0.1, 0.15) is 24.2 Å². The number of aromatic nitrogens is 6. The largest absolute Gasteiger partial charge is 0.451 e. The van der Waals surface area contributed by atoms with Gasteiger partial charge in [-0.3, -0.25) is 4.79 Å². The van der Waals surface area contributed by atoms with Crippen molar-refractivity contribution in [2.24, 2.45) is 0 Å². The number of amides is 3. The fourth-order valence-electron chi connectivity index (χ4n) is 5.47. The van der Waals surface area contributed by atoms with Crippen LogP contribution in [0.5, 0.6) is 0 Å². The number of rotatable bonds is 6. The first-order valence-corrected chi connectivity index (χ1v) is 13.1. The Morgan fingerprint density at radius 3 is 2.18 bits per heavy atom. The molecule has 18 heteroatoms. The summed E-state index contributed by atoms with van der Waals surface area (Å²) in [4.78, 5) is 46.3. The normalized spacial score (nSPS) is 17.1. The van der Waals surface area contributed by atoms with E-state index in [1.165, 1.54) is 12.4 Å². The van der Waals surface area contributed by atoms with Gasteiger partial charge in [-0.15, -0.1) is 0 Å². The lowest BCUT2D eigenvalue weighted by Gasteiger charge is -2.42. The number of carbonyl (C=O) groups excluding carboxylic acids is 2. The standard InChI is InChI=1S/C26H20F7N9O2/c27-15-5-14(6-16(28)7-15)12-40-24(44)42(17-8-35-22(36-9-17)26(31,32)33)23(43)25(40)1-3-39(4-2-25)20-11-34-18-10-37-41(13-19(29)30)21(18)38-20/h5-11,19H,1-4,12-13H2. The van der Waals surface area contributed by atoms with Crippen molar-refractivity contribution in [3.8, 4) is 0 Å². The number of imide groups is 1. The lowest BCUT2D eigenvalue weighted by atomic mass is 9.85. The van der Waals surface area contributed by atoms with E-state index in [1.807, 2.05) is 0 Å². The van der Waals surface area contributed by atoms with Crippen molar-refractivity contribution in [1.29, 1.82) is 0 Å². The third kappa shape index (κ3) is 5.13. The van der Waals surface area contributed by atoms with E-state index >= 15 is 0 Å². The summed E-state index contributed by atoms with van der Waals surface area (Å²) in [5.74, 6) is -3.76. The van der Waals surface area contributed by atoms with Gasteiger partial charge in [-0.05, 0) is 30.5 Å². The molecule has 11 nitrogen and oxygen atoms in total. The van der Waals surface area contributed by atoms with Gasteiger partial charge in [0.05, 0.1) is 30.5 Å². The van der Waals surface area contributed by atoms with E-state index in [1.54, 1.807) is 4.90 Å². The van der Waals surface area contributed by atoms with Crippen molar-refractivity contribution in [2.75, 3.05) is 22.9 Å². The van der Waals surface area contributed by atoms with Crippen molar-refractivity contribution in [1.82, 2.24) is 34.6 Å². The van der Waals surface area contributed by atoms with Gasteiger partial charge in [-0.25, -0.2) is 51.9 Å². The Balaban J connectivity index is 1.32. The molecular formula is C26H20F7N9O2. The van der Waals surface area contributed by atoms with Gasteiger partial charge >= 0.3 is 12.2 Å². The summed E-state index contributed by atoms with van der Waals surface area (Å²) in [6.45, 7) is -0.878. The molecule has 2 aliphatic rings. The molecule has 3 amide bonds. The van der Waals surface area contributed by atoms with E-state index in [0.29, 0.717) is 34.7 Å². The summed E-state index contributed by atoms with van der Waals surface area (Å²) < 4.78 is 94.1. The van der Waals surface area contributed by atoms with Crippen molar-refractivity contribution < 1.29 is 40.3 Å². The smallest absolute Gasteiger partial charge is 0.355 e. The molecule has 2 aliphatic heterocycles. The first-order chi connectivity index (χ1) is 20.9. The van der Waals surface area contributed by atoms with Gasteiger partial charge in [-0.2, -0.15) is 18.3 Å². The number of piperidine rings is 1. The van der Waals surface area contributed by atoms with Gasteiger partial charge in [0.15, 0.2) is 5.65 Å². The van der Waals surface area contributed by atoms with E-state index in [0.717, 1.165) is 21.7 Å². The average Bonchev–Trinajstić information content (AvgIpc) is 3.44. The van der Waals surface area contributed by atoms with Gasteiger partial charge in [0.2, 0.25) is 5.82 Å². The third-order valence-electron chi connectivity index (χ3n) is 7.51. The van der Waals surface area contributed by atoms with Crippen LogP contribution in [-0.2, 0) is 24.1 Å². The molecule has 3 aromatic heterocycles. The lowest BCUT2D eigenvalue weighted by molar-refractivity contribution is -0.144. The molecule has 0 atom stereocenters. The van der Waals surface area contributed by atoms with Crippen LogP contribution in [0.15, 0.2) is 43.0 Å². The fraction of sp³-hybridized carbons (Fsp3) is 0.346. The number of anilines is 2. The van der Waals surface area contributed by atoms with Gasteiger partial charge in [0.1, 0.15) is 35.1 Å². The Kier molecular flexibility index (Phi) is 7.08. The van der Waals surface area contributed by atoms with E-state index in [-0.39, 0.29) is 42.8 Å². The monoisotopic (exact) mass is 623 g/mol. The Morgan fingerprint density at radius 1 is 0.909 bits per heavy atom. The molecule has 0 bridgehead atoms. The number of nitrogens with zero attached hydrogens (tertiary/aromatic N) is 9. The number of carbonyl (C=O) groups is 2. The maximum absolute atomic E-state index is 14.0. The van der Waals surface area contributed by atoms with Crippen LogP contribution in [0, 0.1) is 11.6 Å². The second-order valence-corrected chi connectivity index (χ2v) is 10.2. The minimum absolute atomic E-state index is 0.0244. The number of urea groups is 1. The number of halogens is 7. The molecule has 4 aromatic rings. The second-order valence-electron chi connectivity index (χ2n) is 10.2. The van der Waals surface area contributed by atoms with Crippen LogP contribution in [-0.4, -0.2) is 71.6 Å². The topological polar surface area (TPSA) is 113 Å². The summed E-state index contributed by atoms with van der Waals surface area (Å²) in [6, 6.07) is 1.71. The lowest BCUT2D eigenvalue weighted by Crippen LogP contribution is -2.56. The zero-order valence-corrected chi connectivity index (χ0v) is 22.3. The average molecular weight is 623 g/mol. The van der Waals surface area contributed by atoms with Crippen LogP contribution in [0.25, 0.3) is 11.2 Å². The summed E-state index contributed by atoms with van der Waals surface area (Å²) >= 11 is 0.